The van der Waals surface area contributed by atoms with Crippen LogP contribution in [0.25, 0.3) is 0 Å². The third kappa shape index (κ3) is 3.28. The van der Waals surface area contributed by atoms with Crippen molar-refractivity contribution in [1.29, 1.82) is 0 Å². The summed E-state index contributed by atoms with van der Waals surface area (Å²) in [6.07, 6.45) is 0. The van der Waals surface area contributed by atoms with Crippen molar-refractivity contribution in [3.05, 3.63) is 40.0 Å². The van der Waals surface area contributed by atoms with Gasteiger partial charge in [0.2, 0.25) is 5.89 Å². The second kappa shape index (κ2) is 5.29. The van der Waals surface area contributed by atoms with Crippen LogP contribution in [0.5, 0.6) is 5.75 Å². The maximum atomic E-state index is 9.35. The molecule has 0 unspecified atom stereocenters. The summed E-state index contributed by atoms with van der Waals surface area (Å²) in [6, 6.07) is 5.37. The number of nitrogens with zero attached hydrogens (tertiary/aromatic N) is 2. The predicted molar refractivity (Wildman–Crippen MR) is 65.4 cm³/mol. The lowest BCUT2D eigenvalue weighted by Crippen LogP contribution is -2.12. The first-order valence-electron chi connectivity index (χ1n) is 5.12. The molecular weight excluding hydrogens is 286 g/mol. The van der Waals surface area contributed by atoms with Gasteiger partial charge in [-0.15, -0.1) is 0 Å². The fraction of sp³-hybridized carbons (Fsp3) is 0.273. The molecule has 0 aliphatic heterocycles. The lowest BCUT2D eigenvalue weighted by Gasteiger charge is -2.04. The van der Waals surface area contributed by atoms with E-state index in [0.29, 0.717) is 29.3 Å². The Morgan fingerprint density at radius 2 is 2.24 bits per heavy atom. The van der Waals surface area contributed by atoms with Gasteiger partial charge in [-0.3, -0.25) is 0 Å². The first kappa shape index (κ1) is 12.1. The minimum atomic E-state index is 0.237. The van der Waals surface area contributed by atoms with E-state index in [1.54, 1.807) is 13.0 Å². The summed E-state index contributed by atoms with van der Waals surface area (Å²) in [5, 5.41) is 16.2. The van der Waals surface area contributed by atoms with E-state index >= 15 is 0 Å². The Bertz CT molecular complexity index is 513. The van der Waals surface area contributed by atoms with Crippen LogP contribution < -0.4 is 5.32 Å². The van der Waals surface area contributed by atoms with Crippen molar-refractivity contribution in [2.45, 2.75) is 20.0 Å². The van der Waals surface area contributed by atoms with E-state index in [0.717, 1.165) is 5.56 Å². The molecule has 0 atom stereocenters. The van der Waals surface area contributed by atoms with Crippen molar-refractivity contribution in [2.75, 3.05) is 0 Å². The minimum Gasteiger partial charge on any atom is -0.507 e. The summed E-state index contributed by atoms with van der Waals surface area (Å²) in [6.45, 7) is 2.98. The normalized spacial score (nSPS) is 10.7. The van der Waals surface area contributed by atoms with Crippen molar-refractivity contribution in [1.82, 2.24) is 15.5 Å². The number of aromatic hydroxyl groups is 1. The van der Waals surface area contributed by atoms with Gasteiger partial charge in [-0.25, -0.2) is 0 Å². The standard InChI is InChI=1S/C11H12BrN3O2/c1-7-14-11(17-15-7)6-13-5-8-2-3-10(16)9(12)4-8/h2-4,13,16H,5-6H2,1H3. The number of rotatable bonds is 4. The van der Waals surface area contributed by atoms with Gasteiger partial charge in [0, 0.05) is 6.54 Å². The van der Waals surface area contributed by atoms with Crippen molar-refractivity contribution in [2.24, 2.45) is 0 Å². The summed E-state index contributed by atoms with van der Waals surface area (Å²) >= 11 is 3.27. The highest BCUT2D eigenvalue weighted by Crippen LogP contribution is 2.24. The lowest BCUT2D eigenvalue weighted by atomic mass is 10.2. The van der Waals surface area contributed by atoms with E-state index in [2.05, 4.69) is 31.4 Å². The molecule has 0 amide bonds. The zero-order valence-electron chi connectivity index (χ0n) is 9.27. The van der Waals surface area contributed by atoms with Gasteiger partial charge in [0.25, 0.3) is 0 Å². The number of hydrogen-bond acceptors (Lipinski definition) is 5. The Morgan fingerprint density at radius 3 is 2.88 bits per heavy atom. The lowest BCUT2D eigenvalue weighted by molar-refractivity contribution is 0.364. The zero-order chi connectivity index (χ0) is 12.3. The Hall–Kier alpha value is -1.40. The van der Waals surface area contributed by atoms with Gasteiger partial charge in [0.15, 0.2) is 5.82 Å². The number of phenolic OH excluding ortho intramolecular Hbond substituents is 1. The Kier molecular flexibility index (Phi) is 3.75. The minimum absolute atomic E-state index is 0.237. The molecule has 0 bridgehead atoms. The molecule has 1 aromatic heterocycles. The van der Waals surface area contributed by atoms with Gasteiger partial charge in [-0.2, -0.15) is 4.98 Å². The maximum Gasteiger partial charge on any atom is 0.240 e. The molecular formula is C11H12BrN3O2. The first-order chi connectivity index (χ1) is 8.15. The average Bonchev–Trinajstić information content (AvgIpc) is 2.70. The van der Waals surface area contributed by atoms with E-state index in [1.807, 2.05) is 12.1 Å². The van der Waals surface area contributed by atoms with Gasteiger partial charge >= 0.3 is 0 Å². The highest BCUT2D eigenvalue weighted by molar-refractivity contribution is 9.10. The number of benzene rings is 1. The second-order valence-corrected chi connectivity index (χ2v) is 4.48. The SMILES string of the molecule is Cc1noc(CNCc2ccc(O)c(Br)c2)n1. The van der Waals surface area contributed by atoms with Crippen LogP contribution in [-0.2, 0) is 13.1 Å². The quantitative estimate of drug-likeness (QED) is 0.905. The van der Waals surface area contributed by atoms with E-state index in [-0.39, 0.29) is 5.75 Å². The molecule has 0 aliphatic carbocycles. The van der Waals surface area contributed by atoms with E-state index in [1.165, 1.54) is 0 Å². The Balaban J connectivity index is 1.87. The van der Waals surface area contributed by atoms with Crippen LogP contribution in [0.15, 0.2) is 27.2 Å². The van der Waals surface area contributed by atoms with Crippen LogP contribution in [-0.4, -0.2) is 15.2 Å². The van der Waals surface area contributed by atoms with Crippen LogP contribution in [0.4, 0.5) is 0 Å². The van der Waals surface area contributed by atoms with Crippen molar-refractivity contribution in [3.63, 3.8) is 0 Å². The van der Waals surface area contributed by atoms with E-state index in [4.69, 9.17) is 4.52 Å². The van der Waals surface area contributed by atoms with Gasteiger partial charge in [0.05, 0.1) is 11.0 Å². The third-order valence-electron chi connectivity index (χ3n) is 2.19. The highest BCUT2D eigenvalue weighted by atomic mass is 79.9. The molecule has 1 heterocycles. The summed E-state index contributed by atoms with van der Waals surface area (Å²) < 4.78 is 5.66. The van der Waals surface area contributed by atoms with Crippen LogP contribution in [0.2, 0.25) is 0 Å². The number of aromatic nitrogens is 2. The number of nitrogens with one attached hydrogen (secondary N) is 1. The molecule has 0 aliphatic rings. The predicted octanol–water partition coefficient (Wildman–Crippen LogP) is 2.14. The van der Waals surface area contributed by atoms with Gasteiger partial charge in [-0.1, -0.05) is 11.2 Å². The number of aryl methyl sites for hydroxylation is 1. The third-order valence-corrected chi connectivity index (χ3v) is 2.82. The molecule has 2 rings (SSSR count). The fourth-order valence-corrected chi connectivity index (χ4v) is 1.81. The molecule has 1 aromatic carbocycles. The summed E-state index contributed by atoms with van der Waals surface area (Å²) in [4.78, 5) is 4.08. The number of phenols is 1. The van der Waals surface area contributed by atoms with E-state index in [9.17, 15) is 5.11 Å². The molecule has 0 saturated heterocycles. The average molecular weight is 298 g/mol. The fourth-order valence-electron chi connectivity index (χ4n) is 1.39. The summed E-state index contributed by atoms with van der Waals surface area (Å²) in [5.41, 5.74) is 1.06. The number of halogens is 1. The molecule has 0 saturated carbocycles. The topological polar surface area (TPSA) is 71.2 Å². The van der Waals surface area contributed by atoms with Crippen LogP contribution in [0.3, 0.4) is 0 Å². The Labute approximate surface area is 107 Å². The molecule has 2 N–H and O–H groups in total. The number of hydrogen-bond donors (Lipinski definition) is 2. The summed E-state index contributed by atoms with van der Waals surface area (Å²) in [7, 11) is 0. The van der Waals surface area contributed by atoms with Crippen LogP contribution >= 0.6 is 15.9 Å². The monoisotopic (exact) mass is 297 g/mol. The molecule has 0 fully saturated rings. The molecule has 5 nitrogen and oxygen atoms in total. The van der Waals surface area contributed by atoms with Gasteiger partial charge in [0.1, 0.15) is 5.75 Å². The van der Waals surface area contributed by atoms with Crippen molar-refractivity contribution >= 4 is 15.9 Å². The molecule has 0 radical (unpaired) electrons. The van der Waals surface area contributed by atoms with Crippen LogP contribution in [0, 0.1) is 6.92 Å². The maximum absolute atomic E-state index is 9.35. The summed E-state index contributed by atoms with van der Waals surface area (Å²) in [5.74, 6) is 1.44. The van der Waals surface area contributed by atoms with E-state index < -0.39 is 0 Å². The van der Waals surface area contributed by atoms with Crippen molar-refractivity contribution < 1.29 is 9.63 Å². The van der Waals surface area contributed by atoms with Crippen molar-refractivity contribution in [3.8, 4) is 5.75 Å². The second-order valence-electron chi connectivity index (χ2n) is 3.62. The molecule has 90 valence electrons. The molecule has 2 aromatic rings. The zero-order valence-corrected chi connectivity index (χ0v) is 10.9. The smallest absolute Gasteiger partial charge is 0.240 e. The molecule has 6 heteroatoms. The Morgan fingerprint density at radius 1 is 1.41 bits per heavy atom. The largest absolute Gasteiger partial charge is 0.507 e. The first-order valence-corrected chi connectivity index (χ1v) is 5.92. The van der Waals surface area contributed by atoms with Gasteiger partial charge in [-0.05, 0) is 40.5 Å². The molecule has 0 spiro atoms. The van der Waals surface area contributed by atoms with Crippen LogP contribution in [0.1, 0.15) is 17.3 Å². The van der Waals surface area contributed by atoms with Gasteiger partial charge < -0.3 is 14.9 Å². The molecule has 17 heavy (non-hydrogen) atoms. The highest BCUT2D eigenvalue weighted by Gasteiger charge is 2.03.